The lowest BCUT2D eigenvalue weighted by atomic mass is 9.78. The second-order valence-corrected chi connectivity index (χ2v) is 15.8. The number of Topliss-reactive ketones (excluding diaryl/α,β-unsaturated/α-hetero) is 2. The van der Waals surface area contributed by atoms with Gasteiger partial charge in [0.1, 0.15) is 22.9 Å². The molecule has 55 heavy (non-hydrogen) atoms. The Morgan fingerprint density at radius 3 is 2.53 bits per heavy atom. The van der Waals surface area contributed by atoms with E-state index in [0.29, 0.717) is 36.8 Å². The van der Waals surface area contributed by atoms with Crippen molar-refractivity contribution in [3.63, 3.8) is 0 Å². The third-order valence-corrected chi connectivity index (χ3v) is 11.8. The van der Waals surface area contributed by atoms with Gasteiger partial charge >= 0.3 is 5.97 Å². The molecule has 17 nitrogen and oxygen atoms in total. The predicted octanol–water partition coefficient (Wildman–Crippen LogP) is 1.62. The van der Waals surface area contributed by atoms with Gasteiger partial charge in [0.25, 0.3) is 11.8 Å². The van der Waals surface area contributed by atoms with Gasteiger partial charge in [-0.1, -0.05) is 0 Å². The molecule has 5 fully saturated rings. The zero-order valence-corrected chi connectivity index (χ0v) is 31.0. The number of nitrogens with two attached hydrogens (primary N) is 1. The summed E-state index contributed by atoms with van der Waals surface area (Å²) >= 11 is 0. The van der Waals surface area contributed by atoms with Crippen LogP contribution in [0.1, 0.15) is 72.3 Å². The number of pyridine rings is 1. The van der Waals surface area contributed by atoms with Gasteiger partial charge in [0.05, 0.1) is 48.3 Å². The van der Waals surface area contributed by atoms with Crippen LogP contribution in [0.25, 0.3) is 0 Å². The minimum atomic E-state index is -0.679. The number of ether oxygens (including phenoxy) is 1. The fourth-order valence-electron chi connectivity index (χ4n) is 8.94. The molecule has 2 unspecified atom stereocenters. The molecule has 7 heterocycles. The standard InChI is InChI=1S/C38H47N11O6/c1-46-20-25(15-42-46)43-35-33(34(39)52)41-17-32(45-35)49-10-2-3-24(19-49)28-14-38(55-37(28)54)21-47(22-38)18-23-8-11-48(12-9-23)26-4-6-30(40-16-26)36(53)44-29-7-5-27(50)13-31(29)51/h4,6,15-17,20,23-24,28-29H,2-3,5,7-14,18-19,21-22H2,1H3,(H2,39,52)(H,43,45)(H,44,53)/t24-,28?,29?/m0/s1. The van der Waals surface area contributed by atoms with E-state index in [1.54, 1.807) is 42.6 Å². The van der Waals surface area contributed by atoms with Crippen LogP contribution in [0.2, 0.25) is 0 Å². The van der Waals surface area contributed by atoms with E-state index in [4.69, 9.17) is 15.5 Å². The number of amides is 2. The maximum absolute atomic E-state index is 13.3. The molecule has 0 radical (unpaired) electrons. The van der Waals surface area contributed by atoms with E-state index in [0.717, 1.165) is 77.1 Å². The molecular weight excluding hydrogens is 706 g/mol. The molecule has 3 atom stereocenters. The molecule has 0 bridgehead atoms. The number of esters is 1. The van der Waals surface area contributed by atoms with Crippen molar-refractivity contribution in [2.45, 2.75) is 63.0 Å². The second kappa shape index (κ2) is 15.0. The number of piperidine rings is 2. The van der Waals surface area contributed by atoms with Crippen molar-refractivity contribution in [2.75, 3.05) is 60.9 Å². The summed E-state index contributed by atoms with van der Waals surface area (Å²) in [6.45, 7) is 5.65. The van der Waals surface area contributed by atoms with Crippen molar-refractivity contribution in [1.29, 1.82) is 0 Å². The lowest BCUT2D eigenvalue weighted by molar-refractivity contribution is -0.166. The molecule has 4 aliphatic heterocycles. The fraction of sp³-hybridized carbons (Fsp3) is 0.553. The highest BCUT2D eigenvalue weighted by atomic mass is 16.6. The molecule has 3 aromatic heterocycles. The molecule has 4 saturated heterocycles. The van der Waals surface area contributed by atoms with Gasteiger partial charge in [-0.3, -0.25) is 33.6 Å². The van der Waals surface area contributed by atoms with Gasteiger partial charge in [-0.2, -0.15) is 5.10 Å². The van der Waals surface area contributed by atoms with E-state index in [-0.39, 0.29) is 53.0 Å². The monoisotopic (exact) mass is 753 g/mol. The van der Waals surface area contributed by atoms with Gasteiger partial charge in [0, 0.05) is 71.9 Å². The minimum absolute atomic E-state index is 0.0462. The first-order valence-corrected chi connectivity index (χ1v) is 19.2. The highest BCUT2D eigenvalue weighted by Crippen LogP contribution is 2.44. The second-order valence-electron chi connectivity index (χ2n) is 15.8. The summed E-state index contributed by atoms with van der Waals surface area (Å²) < 4.78 is 7.76. The van der Waals surface area contributed by atoms with Crippen molar-refractivity contribution >= 4 is 52.4 Å². The number of nitrogens with zero attached hydrogens (tertiary/aromatic N) is 8. The summed E-state index contributed by atoms with van der Waals surface area (Å²) in [7, 11) is 1.80. The third kappa shape index (κ3) is 7.88. The average Bonchev–Trinajstić information content (AvgIpc) is 3.74. The van der Waals surface area contributed by atoms with E-state index in [2.05, 4.69) is 40.4 Å². The van der Waals surface area contributed by atoms with E-state index >= 15 is 0 Å². The number of carbonyl (C=O) groups is 5. The van der Waals surface area contributed by atoms with Crippen LogP contribution in [0.4, 0.5) is 23.0 Å². The average molecular weight is 754 g/mol. The molecule has 1 spiro atoms. The number of hydrogen-bond acceptors (Lipinski definition) is 14. The first-order chi connectivity index (χ1) is 26.5. The molecule has 1 saturated carbocycles. The Morgan fingerprint density at radius 1 is 1.00 bits per heavy atom. The van der Waals surface area contributed by atoms with Gasteiger partial charge in [-0.25, -0.2) is 15.0 Å². The Bertz CT molecular complexity index is 1970. The van der Waals surface area contributed by atoms with Gasteiger partial charge in [0.2, 0.25) is 0 Å². The fourth-order valence-corrected chi connectivity index (χ4v) is 8.94. The van der Waals surface area contributed by atoms with Gasteiger partial charge in [-0.05, 0) is 56.1 Å². The number of hydrogen-bond donors (Lipinski definition) is 3. The summed E-state index contributed by atoms with van der Waals surface area (Å²) in [6, 6.07) is 2.95. The molecule has 0 aromatic carbocycles. The van der Waals surface area contributed by atoms with Crippen LogP contribution in [0.5, 0.6) is 0 Å². The molecule has 290 valence electrons. The lowest BCUT2D eigenvalue weighted by Gasteiger charge is -2.48. The highest BCUT2D eigenvalue weighted by molar-refractivity contribution is 6.06. The molecule has 8 rings (SSSR count). The Labute approximate surface area is 318 Å². The van der Waals surface area contributed by atoms with Crippen LogP contribution in [0.3, 0.4) is 0 Å². The van der Waals surface area contributed by atoms with Crippen LogP contribution in [-0.4, -0.2) is 116 Å². The van der Waals surface area contributed by atoms with Crippen molar-refractivity contribution in [3.8, 4) is 0 Å². The SMILES string of the molecule is Cn1cc(Nc2nc(N3CCC[C@H](C4CC5(CN(CC6CCN(c7ccc(C(=O)NC8CCC(=O)CC8=O)nc7)CC6)C5)OC4=O)C3)cnc2C(N)=O)cn1. The van der Waals surface area contributed by atoms with Crippen LogP contribution < -0.4 is 26.2 Å². The maximum Gasteiger partial charge on any atom is 0.310 e. The van der Waals surface area contributed by atoms with Crippen LogP contribution >= 0.6 is 0 Å². The number of carbonyl (C=O) groups excluding carboxylic acids is 5. The van der Waals surface area contributed by atoms with Crippen LogP contribution in [0.15, 0.2) is 36.9 Å². The van der Waals surface area contributed by atoms with Crippen molar-refractivity contribution < 1.29 is 28.7 Å². The summed E-state index contributed by atoms with van der Waals surface area (Å²) in [4.78, 5) is 82.0. The van der Waals surface area contributed by atoms with E-state index in [1.807, 2.05) is 6.07 Å². The van der Waals surface area contributed by atoms with Gasteiger partial charge in [0.15, 0.2) is 17.3 Å². The topological polar surface area (TPSA) is 211 Å². The Kier molecular flexibility index (Phi) is 9.96. The number of ketones is 2. The zero-order chi connectivity index (χ0) is 38.3. The third-order valence-electron chi connectivity index (χ3n) is 11.8. The summed E-state index contributed by atoms with van der Waals surface area (Å²) in [5, 5.41) is 10.0. The lowest BCUT2D eigenvalue weighted by Crippen LogP contribution is -2.62. The van der Waals surface area contributed by atoms with Gasteiger partial charge in [-0.15, -0.1) is 0 Å². The smallest absolute Gasteiger partial charge is 0.310 e. The quantitative estimate of drug-likeness (QED) is 0.199. The molecule has 17 heteroatoms. The van der Waals surface area contributed by atoms with E-state index in [1.165, 1.54) is 0 Å². The van der Waals surface area contributed by atoms with Crippen LogP contribution in [-0.2, 0) is 26.2 Å². The number of likely N-dealkylation sites (tertiary alicyclic amines) is 1. The summed E-state index contributed by atoms with van der Waals surface area (Å²) in [6.07, 6.45) is 11.8. The number of aromatic nitrogens is 5. The predicted molar refractivity (Wildman–Crippen MR) is 200 cm³/mol. The number of rotatable bonds is 10. The maximum atomic E-state index is 13.3. The Morgan fingerprint density at radius 2 is 1.82 bits per heavy atom. The number of primary amides is 1. The number of anilines is 4. The first kappa shape index (κ1) is 36.5. The molecule has 1 aliphatic carbocycles. The summed E-state index contributed by atoms with van der Waals surface area (Å²) in [5.74, 6) is -0.150. The number of aryl methyl sites for hydroxylation is 1. The van der Waals surface area contributed by atoms with E-state index in [9.17, 15) is 24.0 Å². The molecule has 5 aliphatic rings. The van der Waals surface area contributed by atoms with Crippen molar-refractivity contribution in [2.24, 2.45) is 30.5 Å². The number of nitrogens with one attached hydrogen (secondary N) is 2. The van der Waals surface area contributed by atoms with Gasteiger partial charge < -0.3 is 30.9 Å². The Hall–Kier alpha value is -5.45. The minimum Gasteiger partial charge on any atom is -0.456 e. The van der Waals surface area contributed by atoms with Crippen molar-refractivity contribution in [3.05, 3.63) is 48.3 Å². The van der Waals surface area contributed by atoms with Crippen molar-refractivity contribution in [1.82, 2.24) is 34.9 Å². The zero-order valence-electron chi connectivity index (χ0n) is 31.0. The molecule has 2 amide bonds. The normalized spacial score (nSPS) is 24.5. The molecule has 3 aromatic rings. The Balaban J connectivity index is 0.799. The summed E-state index contributed by atoms with van der Waals surface area (Å²) in [5.41, 5.74) is 7.09. The van der Waals surface area contributed by atoms with Crippen LogP contribution in [0, 0.1) is 17.8 Å². The first-order valence-electron chi connectivity index (χ1n) is 19.2. The highest BCUT2D eigenvalue weighted by Gasteiger charge is 2.56. The largest absolute Gasteiger partial charge is 0.456 e. The molecular formula is C38H47N11O6. The van der Waals surface area contributed by atoms with E-state index < -0.39 is 23.5 Å². The molecule has 4 N–H and O–H groups in total.